The lowest BCUT2D eigenvalue weighted by Crippen LogP contribution is -2.54. The predicted molar refractivity (Wildman–Crippen MR) is 98.0 cm³/mol. The van der Waals surface area contributed by atoms with E-state index in [1.807, 2.05) is 6.92 Å². The maximum absolute atomic E-state index is 12.2. The van der Waals surface area contributed by atoms with Gasteiger partial charge in [-0.05, 0) is 17.4 Å². The van der Waals surface area contributed by atoms with Crippen LogP contribution in [0.5, 0.6) is 0 Å². The number of methoxy groups -OCH3 is 1. The molecule has 26 heavy (non-hydrogen) atoms. The Kier molecular flexibility index (Phi) is 7.35. The molecule has 0 spiro atoms. The third kappa shape index (κ3) is 4.24. The first-order valence-electron chi connectivity index (χ1n) is 8.61. The van der Waals surface area contributed by atoms with E-state index in [1.54, 1.807) is 19.9 Å². The molecule has 0 aromatic carbocycles. The molecule has 1 aliphatic rings. The number of esters is 2. The van der Waals surface area contributed by atoms with Crippen molar-refractivity contribution in [1.82, 2.24) is 0 Å². The Morgan fingerprint density at radius 2 is 1.92 bits per heavy atom. The van der Waals surface area contributed by atoms with Crippen molar-refractivity contribution in [3.05, 3.63) is 37.0 Å². The maximum Gasteiger partial charge on any atom is 0.333 e. The van der Waals surface area contributed by atoms with Gasteiger partial charge in [0, 0.05) is 11.5 Å². The smallest absolute Gasteiger partial charge is 0.333 e. The number of rotatable bonds is 7. The molecule has 0 aromatic heterocycles. The van der Waals surface area contributed by atoms with E-state index in [2.05, 4.69) is 19.7 Å². The van der Waals surface area contributed by atoms with E-state index in [1.165, 1.54) is 7.11 Å². The second-order valence-electron chi connectivity index (χ2n) is 7.37. The van der Waals surface area contributed by atoms with Crippen LogP contribution in [-0.4, -0.2) is 48.1 Å². The van der Waals surface area contributed by atoms with Gasteiger partial charge in [0.15, 0.2) is 0 Å². The van der Waals surface area contributed by atoms with Crippen LogP contribution in [0.2, 0.25) is 0 Å². The highest BCUT2D eigenvalue weighted by Crippen LogP contribution is 2.50. The Hall–Kier alpha value is -1.92. The van der Waals surface area contributed by atoms with E-state index < -0.39 is 41.4 Å². The van der Waals surface area contributed by atoms with Crippen molar-refractivity contribution in [2.45, 2.75) is 39.4 Å². The molecular formula is C20H30O6. The van der Waals surface area contributed by atoms with Crippen LogP contribution < -0.4 is 0 Å². The molecule has 0 aliphatic heterocycles. The summed E-state index contributed by atoms with van der Waals surface area (Å²) in [5.74, 6) is -2.93. The lowest BCUT2D eigenvalue weighted by molar-refractivity contribution is -0.168. The summed E-state index contributed by atoms with van der Waals surface area (Å²) in [4.78, 5) is 24.2. The summed E-state index contributed by atoms with van der Waals surface area (Å²) in [5.41, 5.74) is -0.256. The highest BCUT2D eigenvalue weighted by Gasteiger charge is 2.53. The van der Waals surface area contributed by atoms with E-state index in [0.29, 0.717) is 12.0 Å². The van der Waals surface area contributed by atoms with Crippen molar-refractivity contribution >= 4 is 11.9 Å². The second kappa shape index (κ2) is 8.64. The van der Waals surface area contributed by atoms with E-state index in [9.17, 15) is 19.8 Å². The SMILES string of the molecule is C=C[C@]1(C)C[C@H](OC(=O)C(C)C)[C@@H](C(=C)C(=O)OC)[C@@H](O)[C@H]1C(=C)CO. The zero-order valence-corrected chi connectivity index (χ0v) is 16.0. The highest BCUT2D eigenvalue weighted by molar-refractivity contribution is 5.88. The Morgan fingerprint density at radius 1 is 1.35 bits per heavy atom. The molecule has 0 bridgehead atoms. The summed E-state index contributed by atoms with van der Waals surface area (Å²) in [6.07, 6.45) is 0.0334. The lowest BCUT2D eigenvalue weighted by atomic mass is 9.58. The van der Waals surface area contributed by atoms with Gasteiger partial charge in [0.25, 0.3) is 0 Å². The molecule has 1 aliphatic carbocycles. The molecule has 0 saturated heterocycles. The fourth-order valence-electron chi connectivity index (χ4n) is 3.62. The Balaban J connectivity index is 3.39. The first-order valence-corrected chi connectivity index (χ1v) is 8.61. The van der Waals surface area contributed by atoms with Gasteiger partial charge in [0.05, 0.1) is 31.7 Å². The number of aliphatic hydroxyl groups excluding tert-OH is 2. The van der Waals surface area contributed by atoms with Gasteiger partial charge in [-0.3, -0.25) is 4.79 Å². The molecule has 5 atom stereocenters. The Morgan fingerprint density at radius 3 is 2.35 bits per heavy atom. The highest BCUT2D eigenvalue weighted by atomic mass is 16.5. The molecule has 1 saturated carbocycles. The van der Waals surface area contributed by atoms with Crippen molar-refractivity contribution in [2.24, 2.45) is 23.2 Å². The van der Waals surface area contributed by atoms with Crippen LogP contribution in [0.15, 0.2) is 37.0 Å². The number of hydrogen-bond donors (Lipinski definition) is 2. The predicted octanol–water partition coefficient (Wildman–Crippen LogP) is 2.02. The minimum absolute atomic E-state index is 0.0170. The summed E-state index contributed by atoms with van der Waals surface area (Å²) in [6.45, 7) is 16.4. The summed E-state index contributed by atoms with van der Waals surface area (Å²) < 4.78 is 10.3. The average molecular weight is 366 g/mol. The number of carbonyl (C=O) groups is 2. The topological polar surface area (TPSA) is 93.1 Å². The molecule has 146 valence electrons. The van der Waals surface area contributed by atoms with Crippen LogP contribution in [0.1, 0.15) is 27.2 Å². The van der Waals surface area contributed by atoms with Crippen LogP contribution in [0.3, 0.4) is 0 Å². The van der Waals surface area contributed by atoms with Crippen LogP contribution in [0, 0.1) is 23.2 Å². The van der Waals surface area contributed by atoms with Gasteiger partial charge in [0.2, 0.25) is 0 Å². The van der Waals surface area contributed by atoms with Crippen LogP contribution in [0.4, 0.5) is 0 Å². The standard InChI is InChI=1S/C20H30O6/c1-8-20(6)9-14(26-18(23)11(2)3)15(13(5)19(24)25-7)17(22)16(20)12(4)10-21/h8,11,14-17,21-22H,1,4-5,9-10H2,2-3,6-7H3/t14-,15+,16+,17+,20+/m0/s1. The molecule has 1 rings (SSSR count). The minimum Gasteiger partial charge on any atom is -0.466 e. The van der Waals surface area contributed by atoms with Crippen LogP contribution in [0.25, 0.3) is 0 Å². The van der Waals surface area contributed by atoms with Gasteiger partial charge in [0.1, 0.15) is 6.10 Å². The molecule has 6 nitrogen and oxygen atoms in total. The fourth-order valence-corrected chi connectivity index (χ4v) is 3.62. The zero-order chi connectivity index (χ0) is 20.2. The van der Waals surface area contributed by atoms with Crippen molar-refractivity contribution in [2.75, 3.05) is 13.7 Å². The maximum atomic E-state index is 12.2. The molecular weight excluding hydrogens is 336 g/mol. The molecule has 0 amide bonds. The van der Waals surface area contributed by atoms with E-state index in [-0.39, 0.29) is 18.1 Å². The Labute approximate surface area is 155 Å². The molecule has 2 N–H and O–H groups in total. The fraction of sp³-hybridized carbons (Fsp3) is 0.600. The van der Waals surface area contributed by atoms with Gasteiger partial charge in [-0.1, -0.05) is 40.0 Å². The van der Waals surface area contributed by atoms with E-state index >= 15 is 0 Å². The first-order chi connectivity index (χ1) is 12.0. The van der Waals surface area contributed by atoms with Crippen molar-refractivity contribution < 1.29 is 29.3 Å². The van der Waals surface area contributed by atoms with Crippen LogP contribution in [-0.2, 0) is 19.1 Å². The third-order valence-electron chi connectivity index (χ3n) is 5.16. The summed E-state index contributed by atoms with van der Waals surface area (Å²) >= 11 is 0. The second-order valence-corrected chi connectivity index (χ2v) is 7.37. The molecule has 1 fully saturated rings. The minimum atomic E-state index is -1.15. The number of carbonyl (C=O) groups excluding carboxylic acids is 2. The molecule has 0 radical (unpaired) electrons. The van der Waals surface area contributed by atoms with Gasteiger partial charge >= 0.3 is 11.9 Å². The quantitative estimate of drug-likeness (QED) is 0.407. The van der Waals surface area contributed by atoms with Gasteiger partial charge < -0.3 is 19.7 Å². The van der Waals surface area contributed by atoms with E-state index in [0.717, 1.165) is 0 Å². The molecule has 0 aromatic rings. The third-order valence-corrected chi connectivity index (χ3v) is 5.16. The first kappa shape index (κ1) is 22.1. The average Bonchev–Trinajstić information content (AvgIpc) is 2.59. The number of allylic oxidation sites excluding steroid dienone is 1. The monoisotopic (exact) mass is 366 g/mol. The summed E-state index contributed by atoms with van der Waals surface area (Å²) in [7, 11) is 1.22. The van der Waals surface area contributed by atoms with Crippen LogP contribution >= 0.6 is 0 Å². The van der Waals surface area contributed by atoms with Gasteiger partial charge in [-0.2, -0.15) is 0 Å². The summed E-state index contributed by atoms with van der Waals surface area (Å²) in [6, 6.07) is 0. The molecule has 0 heterocycles. The number of ether oxygens (including phenoxy) is 2. The Bertz CT molecular complexity index is 593. The van der Waals surface area contributed by atoms with Gasteiger partial charge in [-0.15, -0.1) is 6.58 Å². The lowest BCUT2D eigenvalue weighted by Gasteiger charge is -2.50. The zero-order valence-electron chi connectivity index (χ0n) is 16.0. The van der Waals surface area contributed by atoms with Crippen molar-refractivity contribution in [1.29, 1.82) is 0 Å². The van der Waals surface area contributed by atoms with Crippen molar-refractivity contribution in [3.8, 4) is 0 Å². The molecule has 6 heteroatoms. The largest absolute Gasteiger partial charge is 0.466 e. The van der Waals surface area contributed by atoms with Gasteiger partial charge in [-0.25, -0.2) is 4.79 Å². The summed E-state index contributed by atoms with van der Waals surface area (Å²) in [5, 5.41) is 20.6. The number of hydrogen-bond acceptors (Lipinski definition) is 6. The normalized spacial score (nSPS) is 31.2. The number of aliphatic hydroxyl groups is 2. The van der Waals surface area contributed by atoms with Crippen molar-refractivity contribution in [3.63, 3.8) is 0 Å². The van der Waals surface area contributed by atoms with E-state index in [4.69, 9.17) is 9.47 Å². The molecule has 0 unspecified atom stereocenters.